The molecule has 0 bridgehead atoms. The summed E-state index contributed by atoms with van der Waals surface area (Å²) >= 11 is 6.99. The normalized spacial score (nSPS) is 9.88. The van der Waals surface area contributed by atoms with Crippen LogP contribution in [0.5, 0.6) is 0 Å². The topological polar surface area (TPSA) is 37.0 Å². The Morgan fingerprint density at radius 3 is 2.94 bits per heavy atom. The van der Waals surface area contributed by atoms with Gasteiger partial charge in [0.25, 0.3) is 0 Å². The second kappa shape index (κ2) is 7.46. The second-order valence-corrected chi connectivity index (χ2v) is 4.84. The van der Waals surface area contributed by atoms with E-state index in [1.54, 1.807) is 0 Å². The Hall–Kier alpha value is -0.810. The first-order valence-electron chi connectivity index (χ1n) is 5.19. The highest BCUT2D eigenvalue weighted by Crippen LogP contribution is 2.03. The largest absolute Gasteiger partial charge is 0.362 e. The Morgan fingerprint density at radius 2 is 2.31 bits per heavy atom. The molecule has 0 saturated carbocycles. The van der Waals surface area contributed by atoms with Gasteiger partial charge in [0.15, 0.2) is 5.11 Å². The van der Waals surface area contributed by atoms with Crippen molar-refractivity contribution in [1.29, 1.82) is 0 Å². The van der Waals surface area contributed by atoms with Crippen LogP contribution in [-0.4, -0.2) is 28.6 Å². The highest BCUT2D eigenvalue weighted by molar-refractivity contribution is 7.98. The fourth-order valence-corrected chi connectivity index (χ4v) is 1.76. The van der Waals surface area contributed by atoms with E-state index in [4.69, 9.17) is 12.2 Å². The number of nitrogens with zero attached hydrogens (tertiary/aromatic N) is 1. The zero-order valence-electron chi connectivity index (χ0n) is 9.62. The van der Waals surface area contributed by atoms with Crippen LogP contribution < -0.4 is 10.6 Å². The van der Waals surface area contributed by atoms with E-state index in [2.05, 4.69) is 21.9 Å². The van der Waals surface area contributed by atoms with Crippen LogP contribution in [0.3, 0.4) is 0 Å². The van der Waals surface area contributed by atoms with Crippen LogP contribution in [0.4, 0.5) is 5.82 Å². The van der Waals surface area contributed by atoms with E-state index in [-0.39, 0.29) is 0 Å². The van der Waals surface area contributed by atoms with Crippen molar-refractivity contribution in [3.8, 4) is 0 Å². The Labute approximate surface area is 106 Å². The van der Waals surface area contributed by atoms with Gasteiger partial charge in [-0.05, 0) is 49.2 Å². The monoisotopic (exact) mass is 255 g/mol. The summed E-state index contributed by atoms with van der Waals surface area (Å²) in [6.45, 7) is 2.91. The third-order valence-electron chi connectivity index (χ3n) is 1.96. The molecular weight excluding hydrogens is 238 g/mol. The van der Waals surface area contributed by atoms with E-state index in [0.29, 0.717) is 5.11 Å². The molecule has 88 valence electrons. The lowest BCUT2D eigenvalue weighted by molar-refractivity contribution is 0.854. The van der Waals surface area contributed by atoms with E-state index >= 15 is 0 Å². The van der Waals surface area contributed by atoms with Crippen LogP contribution in [0.2, 0.25) is 0 Å². The third kappa shape index (κ3) is 5.32. The lowest BCUT2D eigenvalue weighted by atomic mass is 10.3. The van der Waals surface area contributed by atoms with Crippen molar-refractivity contribution in [2.45, 2.75) is 13.3 Å². The van der Waals surface area contributed by atoms with Crippen LogP contribution in [0, 0.1) is 6.92 Å². The van der Waals surface area contributed by atoms with Gasteiger partial charge in [0.05, 0.1) is 0 Å². The van der Waals surface area contributed by atoms with Gasteiger partial charge in [0.1, 0.15) is 5.82 Å². The summed E-state index contributed by atoms with van der Waals surface area (Å²) in [7, 11) is 0. The summed E-state index contributed by atoms with van der Waals surface area (Å²) in [5.74, 6) is 1.94. The molecule has 1 aromatic heterocycles. The summed E-state index contributed by atoms with van der Waals surface area (Å²) in [5, 5.41) is 6.83. The molecule has 0 atom stereocenters. The molecule has 3 nitrogen and oxygen atoms in total. The van der Waals surface area contributed by atoms with Crippen LogP contribution in [0.25, 0.3) is 0 Å². The van der Waals surface area contributed by atoms with Gasteiger partial charge in [0, 0.05) is 12.7 Å². The van der Waals surface area contributed by atoms with Gasteiger partial charge in [0.2, 0.25) is 0 Å². The highest BCUT2D eigenvalue weighted by Gasteiger charge is 1.97. The summed E-state index contributed by atoms with van der Waals surface area (Å²) in [6.07, 6.45) is 5.04. The Kier molecular flexibility index (Phi) is 6.18. The molecule has 0 saturated heterocycles. The number of aryl methyl sites for hydroxylation is 1. The van der Waals surface area contributed by atoms with Crippen molar-refractivity contribution >= 4 is 34.9 Å². The van der Waals surface area contributed by atoms with E-state index in [9.17, 15) is 0 Å². The molecule has 0 radical (unpaired) electrons. The molecule has 0 aliphatic rings. The molecule has 0 unspecified atom stereocenters. The number of hydrogen-bond donors (Lipinski definition) is 2. The molecule has 1 rings (SSSR count). The Balaban J connectivity index is 2.26. The number of thiocarbonyl (C=S) groups is 1. The summed E-state index contributed by atoms with van der Waals surface area (Å²) in [6, 6.07) is 3.93. The maximum absolute atomic E-state index is 5.15. The number of nitrogens with one attached hydrogen (secondary N) is 2. The first-order valence-corrected chi connectivity index (χ1v) is 6.99. The molecule has 16 heavy (non-hydrogen) atoms. The average molecular weight is 255 g/mol. The number of pyridine rings is 1. The van der Waals surface area contributed by atoms with Gasteiger partial charge in [-0.25, -0.2) is 4.98 Å². The Morgan fingerprint density at radius 1 is 1.50 bits per heavy atom. The third-order valence-corrected chi connectivity index (χ3v) is 2.91. The number of anilines is 1. The van der Waals surface area contributed by atoms with E-state index in [0.717, 1.165) is 30.1 Å². The molecule has 0 aliphatic heterocycles. The molecule has 1 heterocycles. The minimum Gasteiger partial charge on any atom is -0.362 e. The van der Waals surface area contributed by atoms with Crippen molar-refractivity contribution in [2.75, 3.05) is 23.9 Å². The minimum atomic E-state index is 0.637. The molecule has 0 fully saturated rings. The fraction of sp³-hybridized carbons (Fsp3) is 0.455. The lowest BCUT2D eigenvalue weighted by Gasteiger charge is -2.09. The zero-order chi connectivity index (χ0) is 11.8. The van der Waals surface area contributed by atoms with Gasteiger partial charge in [-0.15, -0.1) is 0 Å². The van der Waals surface area contributed by atoms with Crippen LogP contribution in [-0.2, 0) is 0 Å². The Bertz CT molecular complexity index is 325. The van der Waals surface area contributed by atoms with Crippen LogP contribution >= 0.6 is 24.0 Å². The van der Waals surface area contributed by atoms with Crippen molar-refractivity contribution in [3.05, 3.63) is 23.9 Å². The fourth-order valence-electron chi connectivity index (χ4n) is 1.12. The number of hydrogen-bond acceptors (Lipinski definition) is 3. The van der Waals surface area contributed by atoms with Gasteiger partial charge < -0.3 is 10.6 Å². The van der Waals surface area contributed by atoms with Crippen molar-refractivity contribution in [3.63, 3.8) is 0 Å². The molecule has 0 spiro atoms. The maximum Gasteiger partial charge on any atom is 0.171 e. The molecule has 0 amide bonds. The molecule has 2 N–H and O–H groups in total. The molecule has 0 aliphatic carbocycles. The molecule has 0 aromatic carbocycles. The van der Waals surface area contributed by atoms with E-state index < -0.39 is 0 Å². The first kappa shape index (κ1) is 13.3. The van der Waals surface area contributed by atoms with Crippen molar-refractivity contribution in [2.24, 2.45) is 0 Å². The molecule has 1 aromatic rings. The summed E-state index contributed by atoms with van der Waals surface area (Å²) in [5.41, 5.74) is 1.14. The molecule has 5 heteroatoms. The quantitative estimate of drug-likeness (QED) is 0.624. The van der Waals surface area contributed by atoms with E-state index in [1.807, 2.05) is 37.0 Å². The predicted octanol–water partition coefficient (Wildman–Crippen LogP) is 2.43. The highest BCUT2D eigenvalue weighted by atomic mass is 32.2. The van der Waals surface area contributed by atoms with Gasteiger partial charge in [-0.3, -0.25) is 0 Å². The standard InChI is InChI=1S/C11H17N3S2/c1-9-4-5-10(13-8-9)14-11(15)12-6-3-7-16-2/h4-5,8H,3,6-7H2,1-2H3,(H2,12,13,14,15). The van der Waals surface area contributed by atoms with Crippen LogP contribution in [0.15, 0.2) is 18.3 Å². The van der Waals surface area contributed by atoms with E-state index in [1.165, 1.54) is 0 Å². The van der Waals surface area contributed by atoms with Crippen molar-refractivity contribution < 1.29 is 0 Å². The lowest BCUT2D eigenvalue weighted by Crippen LogP contribution is -2.29. The minimum absolute atomic E-state index is 0.637. The summed E-state index contributed by atoms with van der Waals surface area (Å²) in [4.78, 5) is 4.22. The maximum atomic E-state index is 5.15. The number of aromatic nitrogens is 1. The molecular formula is C11H17N3S2. The van der Waals surface area contributed by atoms with Crippen LogP contribution in [0.1, 0.15) is 12.0 Å². The number of rotatable bonds is 5. The zero-order valence-corrected chi connectivity index (χ0v) is 11.3. The van der Waals surface area contributed by atoms with Gasteiger partial charge in [-0.1, -0.05) is 6.07 Å². The SMILES string of the molecule is CSCCCNC(=S)Nc1ccc(C)cn1. The van der Waals surface area contributed by atoms with Crippen molar-refractivity contribution in [1.82, 2.24) is 10.3 Å². The van der Waals surface area contributed by atoms with Gasteiger partial charge in [-0.2, -0.15) is 11.8 Å². The average Bonchev–Trinajstić information content (AvgIpc) is 2.28. The summed E-state index contributed by atoms with van der Waals surface area (Å²) < 4.78 is 0. The smallest absolute Gasteiger partial charge is 0.171 e. The van der Waals surface area contributed by atoms with Gasteiger partial charge >= 0.3 is 0 Å². The first-order chi connectivity index (χ1) is 7.72. The predicted molar refractivity (Wildman–Crippen MR) is 76.2 cm³/mol. The second-order valence-electron chi connectivity index (χ2n) is 3.45. The number of thioether (sulfide) groups is 1.